The van der Waals surface area contributed by atoms with E-state index in [2.05, 4.69) is 15.3 Å². The van der Waals surface area contributed by atoms with Gasteiger partial charge in [-0.3, -0.25) is 4.79 Å². The molecule has 2 rings (SSSR count). The molecule has 1 amide bonds. The maximum Gasteiger partial charge on any atom is 0.358 e. The number of anilines is 1. The maximum absolute atomic E-state index is 12.0. The van der Waals surface area contributed by atoms with E-state index in [4.69, 9.17) is 21.1 Å². The van der Waals surface area contributed by atoms with Crippen molar-refractivity contribution < 1.29 is 19.1 Å². The molecule has 0 saturated heterocycles. The van der Waals surface area contributed by atoms with Crippen LogP contribution in [0.4, 0.5) is 5.69 Å². The summed E-state index contributed by atoms with van der Waals surface area (Å²) in [7, 11) is 1.54. The highest BCUT2D eigenvalue weighted by Crippen LogP contribution is 2.18. The van der Waals surface area contributed by atoms with Crippen molar-refractivity contribution in [3.05, 3.63) is 39.6 Å². The van der Waals surface area contributed by atoms with E-state index in [1.807, 2.05) is 0 Å². The van der Waals surface area contributed by atoms with Crippen molar-refractivity contribution in [1.29, 1.82) is 0 Å². The van der Waals surface area contributed by atoms with Crippen molar-refractivity contribution >= 4 is 40.5 Å². The summed E-state index contributed by atoms with van der Waals surface area (Å²) in [4.78, 5) is 31.9. The van der Waals surface area contributed by atoms with Crippen molar-refractivity contribution in [1.82, 2.24) is 9.97 Å². The number of halogens is 1. The molecule has 23 heavy (non-hydrogen) atoms. The fraction of sp³-hybridized carbons (Fsp3) is 0.286. The molecular formula is C14H14ClN3O4S. The first-order valence-corrected chi connectivity index (χ1v) is 7.82. The summed E-state index contributed by atoms with van der Waals surface area (Å²) in [5, 5.41) is 4.91. The number of methoxy groups -OCH3 is 1. The number of nitrogens with one attached hydrogen (secondary N) is 1. The van der Waals surface area contributed by atoms with Gasteiger partial charge in [-0.25, -0.2) is 14.8 Å². The molecule has 1 N–H and O–H groups in total. The van der Waals surface area contributed by atoms with E-state index in [0.717, 1.165) is 0 Å². The van der Waals surface area contributed by atoms with Gasteiger partial charge in [-0.15, -0.1) is 11.3 Å². The Hall–Kier alpha value is -2.03. The highest BCUT2D eigenvalue weighted by Gasteiger charge is 2.21. The number of carbonyl (C=O) groups excluding carboxylic acids is 2. The molecule has 0 aliphatic rings. The average Bonchev–Trinajstić information content (AvgIpc) is 2.98. The number of rotatable bonds is 6. The van der Waals surface area contributed by atoms with Crippen LogP contribution in [0, 0.1) is 0 Å². The molecule has 1 atom stereocenters. The Kier molecular flexibility index (Phi) is 6.03. The number of thiazole rings is 1. The maximum atomic E-state index is 12.0. The summed E-state index contributed by atoms with van der Waals surface area (Å²) in [6, 6.07) is 3.23. The Morgan fingerprint density at radius 3 is 2.96 bits per heavy atom. The van der Waals surface area contributed by atoms with Crippen molar-refractivity contribution in [2.24, 2.45) is 0 Å². The van der Waals surface area contributed by atoms with E-state index in [-0.39, 0.29) is 10.8 Å². The van der Waals surface area contributed by atoms with Gasteiger partial charge in [-0.1, -0.05) is 11.6 Å². The SMILES string of the molecule is COCc1nc(C(=O)OC(C)C(=O)Nc2cccnc2Cl)cs1. The number of ether oxygens (including phenoxy) is 2. The van der Waals surface area contributed by atoms with Crippen molar-refractivity contribution in [2.75, 3.05) is 12.4 Å². The van der Waals surface area contributed by atoms with Crippen LogP contribution in [0.25, 0.3) is 0 Å². The fourth-order valence-corrected chi connectivity index (χ4v) is 2.48. The van der Waals surface area contributed by atoms with Gasteiger partial charge in [0.25, 0.3) is 5.91 Å². The largest absolute Gasteiger partial charge is 0.448 e. The summed E-state index contributed by atoms with van der Waals surface area (Å²) in [5.74, 6) is -1.19. The first-order chi connectivity index (χ1) is 11.0. The molecule has 0 spiro atoms. The number of esters is 1. The quantitative estimate of drug-likeness (QED) is 0.632. The number of hydrogen-bond donors (Lipinski definition) is 1. The molecule has 7 nitrogen and oxygen atoms in total. The van der Waals surface area contributed by atoms with Crippen LogP contribution in [0.2, 0.25) is 5.15 Å². The van der Waals surface area contributed by atoms with Crippen LogP contribution in [0.15, 0.2) is 23.7 Å². The molecule has 122 valence electrons. The number of hydrogen-bond acceptors (Lipinski definition) is 7. The Labute approximate surface area is 141 Å². The number of amides is 1. The van der Waals surface area contributed by atoms with E-state index in [9.17, 15) is 9.59 Å². The standard InChI is InChI=1S/C14H14ClN3O4S/c1-8(13(19)18-9-4-3-5-16-12(9)15)22-14(20)10-7-23-11(17-10)6-21-2/h3-5,7-8H,6H2,1-2H3,(H,18,19). The van der Waals surface area contributed by atoms with E-state index < -0.39 is 18.0 Å². The third-order valence-corrected chi connectivity index (χ3v) is 3.82. The molecule has 0 bridgehead atoms. The van der Waals surface area contributed by atoms with E-state index >= 15 is 0 Å². The third kappa shape index (κ3) is 4.72. The zero-order chi connectivity index (χ0) is 16.8. The fourth-order valence-electron chi connectivity index (χ4n) is 1.58. The summed E-state index contributed by atoms with van der Waals surface area (Å²) in [6.07, 6.45) is 0.493. The zero-order valence-electron chi connectivity index (χ0n) is 12.4. The zero-order valence-corrected chi connectivity index (χ0v) is 14.0. The van der Waals surface area contributed by atoms with Crippen LogP contribution in [0.5, 0.6) is 0 Å². The summed E-state index contributed by atoms with van der Waals surface area (Å²) in [6.45, 7) is 1.77. The smallest absolute Gasteiger partial charge is 0.358 e. The number of pyridine rings is 1. The van der Waals surface area contributed by atoms with Gasteiger partial charge in [0.05, 0.1) is 12.3 Å². The van der Waals surface area contributed by atoms with E-state index in [1.165, 1.54) is 31.6 Å². The Morgan fingerprint density at radius 2 is 2.26 bits per heavy atom. The Morgan fingerprint density at radius 1 is 1.48 bits per heavy atom. The minimum Gasteiger partial charge on any atom is -0.448 e. The van der Waals surface area contributed by atoms with Crippen LogP contribution in [-0.2, 0) is 20.9 Å². The predicted octanol–water partition coefficient (Wildman–Crippen LogP) is 2.52. The third-order valence-electron chi connectivity index (χ3n) is 2.70. The summed E-state index contributed by atoms with van der Waals surface area (Å²) in [5.41, 5.74) is 0.485. The van der Waals surface area contributed by atoms with Crippen LogP contribution in [0.3, 0.4) is 0 Å². The van der Waals surface area contributed by atoms with Crippen molar-refractivity contribution in [3.8, 4) is 0 Å². The van der Waals surface area contributed by atoms with Gasteiger partial charge in [0.15, 0.2) is 17.0 Å². The first-order valence-electron chi connectivity index (χ1n) is 6.57. The second kappa shape index (κ2) is 8.00. The van der Waals surface area contributed by atoms with Crippen LogP contribution in [0.1, 0.15) is 22.4 Å². The second-order valence-electron chi connectivity index (χ2n) is 4.44. The molecule has 9 heteroatoms. The highest BCUT2D eigenvalue weighted by atomic mass is 35.5. The minimum atomic E-state index is -1.01. The summed E-state index contributed by atoms with van der Waals surface area (Å²) >= 11 is 7.13. The molecule has 0 radical (unpaired) electrons. The van der Waals surface area contributed by atoms with Crippen LogP contribution in [-0.4, -0.2) is 35.1 Å². The van der Waals surface area contributed by atoms with Gasteiger partial charge < -0.3 is 14.8 Å². The lowest BCUT2D eigenvalue weighted by molar-refractivity contribution is -0.123. The van der Waals surface area contributed by atoms with Gasteiger partial charge in [0.2, 0.25) is 0 Å². The van der Waals surface area contributed by atoms with E-state index in [1.54, 1.807) is 17.5 Å². The van der Waals surface area contributed by atoms with Gasteiger partial charge >= 0.3 is 5.97 Å². The van der Waals surface area contributed by atoms with Gasteiger partial charge in [-0.05, 0) is 19.1 Å². The number of aromatic nitrogens is 2. The molecule has 2 aromatic rings. The predicted molar refractivity (Wildman–Crippen MR) is 85.6 cm³/mol. The molecule has 2 heterocycles. The molecule has 0 aliphatic heterocycles. The highest BCUT2D eigenvalue weighted by molar-refractivity contribution is 7.09. The van der Waals surface area contributed by atoms with Crippen LogP contribution >= 0.6 is 22.9 Å². The molecule has 1 unspecified atom stereocenters. The molecule has 0 aliphatic carbocycles. The normalized spacial score (nSPS) is 11.8. The molecule has 0 fully saturated rings. The molecule has 2 aromatic heterocycles. The minimum absolute atomic E-state index is 0.140. The lowest BCUT2D eigenvalue weighted by atomic mass is 10.3. The average molecular weight is 356 g/mol. The van der Waals surface area contributed by atoms with Gasteiger partial charge in [-0.2, -0.15) is 0 Å². The van der Waals surface area contributed by atoms with Crippen molar-refractivity contribution in [2.45, 2.75) is 19.6 Å². The Bertz CT molecular complexity index is 707. The lowest BCUT2D eigenvalue weighted by Gasteiger charge is -2.13. The molecule has 0 aromatic carbocycles. The number of nitrogens with zero attached hydrogens (tertiary/aromatic N) is 2. The van der Waals surface area contributed by atoms with Crippen LogP contribution < -0.4 is 5.32 Å². The van der Waals surface area contributed by atoms with Crippen molar-refractivity contribution in [3.63, 3.8) is 0 Å². The first kappa shape index (κ1) is 17.3. The monoisotopic (exact) mass is 355 g/mol. The van der Waals surface area contributed by atoms with Gasteiger partial charge in [0.1, 0.15) is 5.01 Å². The summed E-state index contributed by atoms with van der Waals surface area (Å²) < 4.78 is 10.0. The second-order valence-corrected chi connectivity index (χ2v) is 5.74. The molecular weight excluding hydrogens is 342 g/mol. The van der Waals surface area contributed by atoms with Gasteiger partial charge in [0, 0.05) is 18.7 Å². The van der Waals surface area contributed by atoms with E-state index in [0.29, 0.717) is 17.3 Å². The topological polar surface area (TPSA) is 90.4 Å². The molecule has 0 saturated carbocycles. The number of carbonyl (C=O) groups is 2. The lowest BCUT2D eigenvalue weighted by Crippen LogP contribution is -2.30. The Balaban J connectivity index is 1.94.